The van der Waals surface area contributed by atoms with Gasteiger partial charge in [-0.15, -0.1) is 0 Å². The van der Waals surface area contributed by atoms with Crippen LogP contribution in [0.25, 0.3) is 0 Å². The van der Waals surface area contributed by atoms with Crippen molar-refractivity contribution < 1.29 is 32.9 Å². The van der Waals surface area contributed by atoms with Gasteiger partial charge in [0, 0.05) is 6.42 Å². The first-order valence-electron chi connectivity index (χ1n) is 37.4. The standard InChI is InChI=1S/C73H149N2O6P/c1-6-8-10-12-14-16-18-20-22-24-26-28-30-31-32-33-34-35-36-37-38-39-40-41-42-43-45-47-49-51-53-55-57-59-61-63-65-67-73(77)74-71(70-81-82(78,79)80-69-68-75(3,4)5)72(76)66-64-62-60-58-56-54-52-50-48-46-44-29-27-25-23-21-19-17-15-13-11-9-7-2/h71-72,76H,6-70H2,1-5H3,(H-,74,77,78,79). The maximum Gasteiger partial charge on any atom is 0.268 e. The Hall–Kier alpha value is -0.500. The van der Waals surface area contributed by atoms with E-state index >= 15 is 0 Å². The van der Waals surface area contributed by atoms with Crippen LogP contribution in [0.3, 0.4) is 0 Å². The number of hydrogen-bond acceptors (Lipinski definition) is 6. The van der Waals surface area contributed by atoms with E-state index < -0.39 is 20.0 Å². The second-order valence-electron chi connectivity index (χ2n) is 27.4. The Morgan fingerprint density at radius 3 is 0.829 bits per heavy atom. The number of nitrogens with zero attached hydrogens (tertiary/aromatic N) is 1. The van der Waals surface area contributed by atoms with E-state index in [0.717, 1.165) is 38.5 Å². The average molecular weight is 1180 g/mol. The summed E-state index contributed by atoms with van der Waals surface area (Å²) >= 11 is 0. The minimum atomic E-state index is -4.58. The van der Waals surface area contributed by atoms with E-state index in [4.69, 9.17) is 9.05 Å². The number of quaternary nitrogens is 1. The predicted molar refractivity (Wildman–Crippen MR) is 358 cm³/mol. The SMILES string of the molecule is CCCCCCCCCCCCCCCCCCCCCCCCCCCCCCCCCCCCCCCC(=O)NC(COP(=O)([O-])OCC[N+](C)(C)C)C(O)CCCCCCCCCCCCCCCCCCCCCCCCC. The molecule has 0 aromatic heterocycles. The molecule has 0 aliphatic carbocycles. The molecule has 0 bridgehead atoms. The summed E-state index contributed by atoms with van der Waals surface area (Å²) in [4.78, 5) is 25.7. The van der Waals surface area contributed by atoms with E-state index in [2.05, 4.69) is 19.2 Å². The summed E-state index contributed by atoms with van der Waals surface area (Å²) in [6, 6.07) is -0.797. The zero-order valence-electron chi connectivity index (χ0n) is 56.5. The van der Waals surface area contributed by atoms with E-state index in [9.17, 15) is 19.4 Å². The maximum atomic E-state index is 13.1. The lowest BCUT2D eigenvalue weighted by molar-refractivity contribution is -0.870. The van der Waals surface area contributed by atoms with Crippen LogP contribution in [-0.4, -0.2) is 68.5 Å². The molecule has 0 spiro atoms. The van der Waals surface area contributed by atoms with Crippen molar-refractivity contribution >= 4 is 13.7 Å². The molecule has 0 radical (unpaired) electrons. The van der Waals surface area contributed by atoms with Crippen LogP contribution < -0.4 is 10.2 Å². The first-order valence-corrected chi connectivity index (χ1v) is 38.8. The highest BCUT2D eigenvalue weighted by Crippen LogP contribution is 2.38. The normalized spacial score (nSPS) is 13.5. The van der Waals surface area contributed by atoms with Crippen LogP contribution in [0.4, 0.5) is 0 Å². The summed E-state index contributed by atoms with van der Waals surface area (Å²) < 4.78 is 23.6. The number of carbonyl (C=O) groups is 1. The number of likely N-dealkylation sites (N-methyl/N-ethyl adjacent to an activating group) is 1. The van der Waals surface area contributed by atoms with Crippen molar-refractivity contribution in [1.82, 2.24) is 5.32 Å². The van der Waals surface area contributed by atoms with E-state index in [-0.39, 0.29) is 19.1 Å². The molecule has 3 unspecified atom stereocenters. The lowest BCUT2D eigenvalue weighted by Gasteiger charge is -2.30. The fourth-order valence-corrected chi connectivity index (χ4v) is 12.8. The summed E-state index contributed by atoms with van der Waals surface area (Å²) in [5, 5.41) is 14.1. The van der Waals surface area contributed by atoms with Crippen LogP contribution in [0.2, 0.25) is 0 Å². The molecular formula is C73H149N2O6P. The van der Waals surface area contributed by atoms with E-state index in [0.29, 0.717) is 23.9 Å². The van der Waals surface area contributed by atoms with Crippen LogP contribution in [0.5, 0.6) is 0 Å². The highest BCUT2D eigenvalue weighted by molar-refractivity contribution is 7.45. The van der Waals surface area contributed by atoms with Gasteiger partial charge in [-0.25, -0.2) is 0 Å². The van der Waals surface area contributed by atoms with Crippen molar-refractivity contribution in [2.24, 2.45) is 0 Å². The third-order valence-corrected chi connectivity index (χ3v) is 18.8. The third-order valence-electron chi connectivity index (χ3n) is 17.8. The molecule has 2 N–H and O–H groups in total. The van der Waals surface area contributed by atoms with Crippen molar-refractivity contribution in [2.75, 3.05) is 40.9 Å². The van der Waals surface area contributed by atoms with E-state index in [1.807, 2.05) is 21.1 Å². The minimum Gasteiger partial charge on any atom is -0.756 e. The van der Waals surface area contributed by atoms with Gasteiger partial charge in [-0.1, -0.05) is 393 Å². The lowest BCUT2D eigenvalue weighted by Crippen LogP contribution is -2.46. The first kappa shape index (κ1) is 81.5. The van der Waals surface area contributed by atoms with Gasteiger partial charge >= 0.3 is 0 Å². The van der Waals surface area contributed by atoms with Crippen LogP contribution in [0, 0.1) is 0 Å². The van der Waals surface area contributed by atoms with Gasteiger partial charge in [0.25, 0.3) is 7.82 Å². The molecule has 0 saturated carbocycles. The molecule has 0 aromatic rings. The zero-order chi connectivity index (χ0) is 59.8. The van der Waals surface area contributed by atoms with Gasteiger partial charge in [-0.05, 0) is 12.8 Å². The van der Waals surface area contributed by atoms with E-state index in [1.54, 1.807) is 0 Å². The number of phosphoric ester groups is 1. The van der Waals surface area contributed by atoms with Crippen LogP contribution in [-0.2, 0) is 18.4 Å². The van der Waals surface area contributed by atoms with Crippen molar-refractivity contribution in [1.29, 1.82) is 0 Å². The Balaban J connectivity index is 3.89. The number of unbranched alkanes of at least 4 members (excludes halogenated alkanes) is 58. The van der Waals surface area contributed by atoms with Crippen molar-refractivity contribution in [2.45, 2.75) is 424 Å². The Bertz CT molecular complexity index is 1300. The second kappa shape index (κ2) is 65.0. The molecule has 0 aliphatic heterocycles. The second-order valence-corrected chi connectivity index (χ2v) is 28.8. The van der Waals surface area contributed by atoms with Gasteiger partial charge in [-0.2, -0.15) is 0 Å². The molecule has 0 aliphatic rings. The van der Waals surface area contributed by atoms with Gasteiger partial charge in [0.2, 0.25) is 5.91 Å². The molecule has 0 aromatic carbocycles. The molecule has 0 fully saturated rings. The summed E-state index contributed by atoms with van der Waals surface area (Å²) in [6.07, 6.45) is 82.1. The predicted octanol–water partition coefficient (Wildman–Crippen LogP) is 23.3. The number of aliphatic hydroxyl groups excluding tert-OH is 1. The van der Waals surface area contributed by atoms with Gasteiger partial charge in [-0.3, -0.25) is 9.36 Å². The number of phosphoric acid groups is 1. The van der Waals surface area contributed by atoms with Crippen molar-refractivity contribution in [3.8, 4) is 0 Å². The number of carbonyl (C=O) groups excluding carboxylic acids is 1. The largest absolute Gasteiger partial charge is 0.756 e. The fraction of sp³-hybridized carbons (Fsp3) is 0.986. The highest BCUT2D eigenvalue weighted by Gasteiger charge is 2.24. The van der Waals surface area contributed by atoms with Crippen LogP contribution >= 0.6 is 7.82 Å². The molecule has 492 valence electrons. The van der Waals surface area contributed by atoms with Gasteiger partial charge in [0.1, 0.15) is 13.2 Å². The van der Waals surface area contributed by atoms with Crippen molar-refractivity contribution in [3.63, 3.8) is 0 Å². The fourth-order valence-electron chi connectivity index (χ4n) is 12.0. The molecule has 0 saturated heterocycles. The van der Waals surface area contributed by atoms with Crippen LogP contribution in [0.15, 0.2) is 0 Å². The minimum absolute atomic E-state index is 0.0170. The summed E-state index contributed by atoms with van der Waals surface area (Å²) in [5.41, 5.74) is 0. The number of nitrogens with one attached hydrogen (secondary N) is 1. The van der Waals surface area contributed by atoms with Gasteiger partial charge < -0.3 is 28.8 Å². The number of aliphatic hydroxyl groups is 1. The number of amides is 1. The molecule has 3 atom stereocenters. The lowest BCUT2D eigenvalue weighted by atomic mass is 10.0. The Morgan fingerprint density at radius 1 is 0.378 bits per heavy atom. The Morgan fingerprint density at radius 2 is 0.598 bits per heavy atom. The monoisotopic (exact) mass is 1180 g/mol. The smallest absolute Gasteiger partial charge is 0.268 e. The quantitative estimate of drug-likeness (QED) is 0.0357. The summed E-state index contributed by atoms with van der Waals surface area (Å²) in [6.45, 7) is 4.80. The molecule has 8 nitrogen and oxygen atoms in total. The summed E-state index contributed by atoms with van der Waals surface area (Å²) in [5.74, 6) is -0.153. The molecule has 1 amide bonds. The summed E-state index contributed by atoms with van der Waals surface area (Å²) in [7, 11) is 1.33. The maximum absolute atomic E-state index is 13.1. The Labute approximate surface area is 514 Å². The molecular weight excluding hydrogens is 1030 g/mol. The number of rotatable bonds is 71. The topological polar surface area (TPSA) is 108 Å². The molecule has 0 rings (SSSR count). The van der Waals surface area contributed by atoms with Crippen LogP contribution in [0.1, 0.15) is 412 Å². The van der Waals surface area contributed by atoms with Gasteiger partial charge in [0.05, 0.1) is 39.9 Å². The molecule has 9 heteroatoms. The Kier molecular flexibility index (Phi) is 64.6. The first-order chi connectivity index (χ1) is 40.0. The van der Waals surface area contributed by atoms with E-state index in [1.165, 1.54) is 347 Å². The third kappa shape index (κ3) is 67.0. The van der Waals surface area contributed by atoms with Gasteiger partial charge in [0.15, 0.2) is 0 Å². The molecule has 82 heavy (non-hydrogen) atoms. The zero-order valence-corrected chi connectivity index (χ0v) is 57.4. The highest BCUT2D eigenvalue weighted by atomic mass is 31.2. The average Bonchev–Trinajstić information content (AvgIpc) is 3.47. The molecule has 0 heterocycles. The van der Waals surface area contributed by atoms with Crippen molar-refractivity contribution in [3.05, 3.63) is 0 Å². The number of hydrogen-bond donors (Lipinski definition) is 2.